The second kappa shape index (κ2) is 6.39. The van der Waals surface area contributed by atoms with Gasteiger partial charge in [-0.2, -0.15) is 4.98 Å². The summed E-state index contributed by atoms with van der Waals surface area (Å²) in [5.41, 5.74) is 0. The van der Waals surface area contributed by atoms with Crippen LogP contribution in [-0.4, -0.2) is 27.5 Å². The van der Waals surface area contributed by atoms with Crippen molar-refractivity contribution in [2.24, 2.45) is 0 Å². The Bertz CT molecular complexity index is 594. The van der Waals surface area contributed by atoms with Gasteiger partial charge in [0.2, 0.25) is 11.8 Å². The highest BCUT2D eigenvalue weighted by atomic mass is 32.1. The van der Waals surface area contributed by atoms with Gasteiger partial charge in [0.1, 0.15) is 6.04 Å². The molecule has 6 heteroatoms. The van der Waals surface area contributed by atoms with Gasteiger partial charge >= 0.3 is 0 Å². The van der Waals surface area contributed by atoms with Gasteiger partial charge in [-0.1, -0.05) is 18.1 Å². The third kappa shape index (κ3) is 3.15. The zero-order chi connectivity index (χ0) is 14.7. The van der Waals surface area contributed by atoms with E-state index in [9.17, 15) is 4.79 Å². The van der Waals surface area contributed by atoms with Crippen molar-refractivity contribution in [3.8, 4) is 0 Å². The zero-order valence-electron chi connectivity index (χ0n) is 12.1. The van der Waals surface area contributed by atoms with Gasteiger partial charge in [0.15, 0.2) is 5.82 Å². The number of nitrogens with zero attached hydrogens (tertiary/aromatic N) is 3. The predicted octanol–water partition coefficient (Wildman–Crippen LogP) is 2.99. The Morgan fingerprint density at radius 3 is 3.14 bits per heavy atom. The first-order chi connectivity index (χ1) is 10.3. The number of piperidine rings is 1. The number of aromatic nitrogens is 2. The van der Waals surface area contributed by atoms with E-state index >= 15 is 0 Å². The Hall–Kier alpha value is -1.69. The Balaban J connectivity index is 1.76. The monoisotopic (exact) mass is 305 g/mol. The van der Waals surface area contributed by atoms with Crippen molar-refractivity contribution in [2.45, 2.75) is 45.1 Å². The quantitative estimate of drug-likeness (QED) is 0.871. The molecule has 5 nitrogen and oxygen atoms in total. The van der Waals surface area contributed by atoms with Gasteiger partial charge in [0, 0.05) is 17.8 Å². The number of thiophene rings is 1. The Morgan fingerprint density at radius 1 is 1.52 bits per heavy atom. The Kier molecular flexibility index (Phi) is 4.34. The molecule has 1 amide bonds. The third-order valence-corrected chi connectivity index (χ3v) is 4.69. The molecule has 3 heterocycles. The molecule has 1 aliphatic heterocycles. The van der Waals surface area contributed by atoms with Crippen molar-refractivity contribution < 1.29 is 9.32 Å². The Labute approximate surface area is 128 Å². The summed E-state index contributed by atoms with van der Waals surface area (Å²) in [6.45, 7) is 2.77. The SMILES string of the molecule is CCc1noc(C2CCCCN2C(=O)Cc2cccs2)n1. The molecule has 0 aromatic carbocycles. The highest BCUT2D eigenvalue weighted by molar-refractivity contribution is 7.10. The molecule has 0 aliphatic carbocycles. The van der Waals surface area contributed by atoms with Gasteiger partial charge in [-0.25, -0.2) is 0 Å². The fraction of sp³-hybridized carbons (Fsp3) is 0.533. The van der Waals surface area contributed by atoms with E-state index in [4.69, 9.17) is 4.52 Å². The number of hydrogen-bond acceptors (Lipinski definition) is 5. The van der Waals surface area contributed by atoms with E-state index in [-0.39, 0.29) is 11.9 Å². The molecular formula is C15H19N3O2S. The van der Waals surface area contributed by atoms with Crippen LogP contribution in [0.15, 0.2) is 22.0 Å². The van der Waals surface area contributed by atoms with Gasteiger partial charge in [-0.05, 0) is 30.7 Å². The zero-order valence-corrected chi connectivity index (χ0v) is 12.9. The molecule has 1 aliphatic rings. The molecule has 21 heavy (non-hydrogen) atoms. The smallest absolute Gasteiger partial charge is 0.249 e. The van der Waals surface area contributed by atoms with E-state index in [1.165, 1.54) is 0 Å². The molecule has 2 aromatic rings. The van der Waals surface area contributed by atoms with Crippen LogP contribution in [0.5, 0.6) is 0 Å². The number of amides is 1. The summed E-state index contributed by atoms with van der Waals surface area (Å²) in [5, 5.41) is 5.96. The summed E-state index contributed by atoms with van der Waals surface area (Å²) in [5.74, 6) is 1.45. The lowest BCUT2D eigenvalue weighted by Gasteiger charge is -2.33. The number of hydrogen-bond donors (Lipinski definition) is 0. The first-order valence-corrected chi connectivity index (χ1v) is 8.30. The van der Waals surface area contributed by atoms with E-state index in [0.29, 0.717) is 18.1 Å². The lowest BCUT2D eigenvalue weighted by molar-refractivity contribution is -0.134. The largest absolute Gasteiger partial charge is 0.337 e. The number of aryl methyl sites for hydroxylation is 1. The first-order valence-electron chi connectivity index (χ1n) is 7.42. The van der Waals surface area contributed by atoms with Crippen LogP contribution in [0.25, 0.3) is 0 Å². The summed E-state index contributed by atoms with van der Waals surface area (Å²) in [6, 6.07) is 3.93. The average molecular weight is 305 g/mol. The molecule has 0 bridgehead atoms. The number of rotatable bonds is 4. The molecule has 1 atom stereocenters. The molecule has 1 saturated heterocycles. The van der Waals surface area contributed by atoms with E-state index < -0.39 is 0 Å². The summed E-state index contributed by atoms with van der Waals surface area (Å²) in [4.78, 5) is 20.0. The third-order valence-electron chi connectivity index (χ3n) is 3.81. The van der Waals surface area contributed by atoms with Crippen LogP contribution in [0.3, 0.4) is 0 Å². The van der Waals surface area contributed by atoms with Gasteiger partial charge < -0.3 is 9.42 Å². The maximum Gasteiger partial charge on any atom is 0.249 e. The van der Waals surface area contributed by atoms with E-state index in [2.05, 4.69) is 10.1 Å². The van der Waals surface area contributed by atoms with Crippen LogP contribution in [0.2, 0.25) is 0 Å². The molecule has 1 unspecified atom stereocenters. The van der Waals surface area contributed by atoms with Crippen LogP contribution in [-0.2, 0) is 17.6 Å². The van der Waals surface area contributed by atoms with Crippen molar-refractivity contribution in [2.75, 3.05) is 6.54 Å². The molecule has 0 spiro atoms. The minimum atomic E-state index is -0.0565. The highest BCUT2D eigenvalue weighted by Crippen LogP contribution is 2.30. The summed E-state index contributed by atoms with van der Waals surface area (Å²) in [7, 11) is 0. The van der Waals surface area contributed by atoms with Crippen molar-refractivity contribution in [1.29, 1.82) is 0 Å². The molecular weight excluding hydrogens is 286 g/mol. The van der Waals surface area contributed by atoms with E-state index in [0.717, 1.165) is 37.1 Å². The topological polar surface area (TPSA) is 59.2 Å². The summed E-state index contributed by atoms with van der Waals surface area (Å²) in [6.07, 6.45) is 4.25. The molecule has 0 saturated carbocycles. The fourth-order valence-corrected chi connectivity index (χ4v) is 3.39. The van der Waals surface area contributed by atoms with Gasteiger partial charge in [0.05, 0.1) is 6.42 Å². The Morgan fingerprint density at radius 2 is 2.43 bits per heavy atom. The lowest BCUT2D eigenvalue weighted by atomic mass is 10.0. The van der Waals surface area contributed by atoms with Crippen LogP contribution >= 0.6 is 11.3 Å². The van der Waals surface area contributed by atoms with Gasteiger partial charge in [-0.15, -0.1) is 11.3 Å². The highest BCUT2D eigenvalue weighted by Gasteiger charge is 2.31. The molecule has 3 rings (SSSR count). The predicted molar refractivity (Wildman–Crippen MR) is 80.0 cm³/mol. The molecule has 1 fully saturated rings. The van der Waals surface area contributed by atoms with Crippen LogP contribution in [0, 0.1) is 0 Å². The molecule has 112 valence electrons. The van der Waals surface area contributed by atoms with Crippen LogP contribution < -0.4 is 0 Å². The van der Waals surface area contributed by atoms with E-state index in [1.54, 1.807) is 11.3 Å². The van der Waals surface area contributed by atoms with Gasteiger partial charge in [-0.3, -0.25) is 4.79 Å². The van der Waals surface area contributed by atoms with Crippen molar-refractivity contribution >= 4 is 17.2 Å². The van der Waals surface area contributed by atoms with Crippen LogP contribution in [0.4, 0.5) is 0 Å². The number of carbonyl (C=O) groups excluding carboxylic acids is 1. The van der Waals surface area contributed by atoms with Crippen LogP contribution in [0.1, 0.15) is 48.8 Å². The number of carbonyl (C=O) groups is 1. The van der Waals surface area contributed by atoms with Crippen molar-refractivity contribution in [1.82, 2.24) is 15.0 Å². The average Bonchev–Trinajstić information content (AvgIpc) is 3.18. The first kappa shape index (κ1) is 14.3. The maximum atomic E-state index is 12.6. The maximum absolute atomic E-state index is 12.6. The van der Waals surface area contributed by atoms with Crippen molar-refractivity contribution in [3.63, 3.8) is 0 Å². The molecule has 0 N–H and O–H groups in total. The van der Waals surface area contributed by atoms with E-state index in [1.807, 2.05) is 29.3 Å². The normalized spacial score (nSPS) is 18.9. The fourth-order valence-electron chi connectivity index (χ4n) is 2.70. The number of likely N-dealkylation sites (tertiary alicyclic amines) is 1. The summed E-state index contributed by atoms with van der Waals surface area (Å²) >= 11 is 1.62. The molecule has 0 radical (unpaired) electrons. The lowest BCUT2D eigenvalue weighted by Crippen LogP contribution is -2.39. The van der Waals surface area contributed by atoms with Crippen molar-refractivity contribution in [3.05, 3.63) is 34.1 Å². The molecule has 2 aromatic heterocycles. The summed E-state index contributed by atoms with van der Waals surface area (Å²) < 4.78 is 5.36. The standard InChI is InChI=1S/C15H19N3O2S/c1-2-13-16-15(20-17-13)12-7-3-4-8-18(12)14(19)10-11-6-5-9-21-11/h5-6,9,12H,2-4,7-8,10H2,1H3. The minimum Gasteiger partial charge on any atom is -0.337 e. The second-order valence-corrected chi connectivity index (χ2v) is 6.29. The van der Waals surface area contributed by atoms with Gasteiger partial charge in [0.25, 0.3) is 0 Å². The minimum absolute atomic E-state index is 0.0565. The second-order valence-electron chi connectivity index (χ2n) is 5.26.